The molecule has 1 amide bonds. The molecule has 0 aromatic carbocycles. The first-order chi connectivity index (χ1) is 18.9. The molecule has 3 aromatic rings. The Morgan fingerprint density at radius 1 is 1.28 bits per heavy atom. The Bertz CT molecular complexity index is 1460. The lowest BCUT2D eigenvalue weighted by atomic mass is 10.1. The number of fused-ring (bicyclic) bond motifs is 2. The van der Waals surface area contributed by atoms with Crippen LogP contribution in [0.1, 0.15) is 47.7 Å². The lowest BCUT2D eigenvalue weighted by molar-refractivity contribution is 0.0265. The van der Waals surface area contributed by atoms with E-state index in [2.05, 4.69) is 34.9 Å². The smallest absolute Gasteiger partial charge is 0.280 e. The third-order valence-corrected chi connectivity index (χ3v) is 9.84. The van der Waals surface area contributed by atoms with Gasteiger partial charge in [0.25, 0.3) is 5.91 Å². The van der Waals surface area contributed by atoms with Crippen molar-refractivity contribution in [2.75, 3.05) is 31.0 Å². The van der Waals surface area contributed by atoms with Gasteiger partial charge in [-0.3, -0.25) is 24.4 Å². The first-order valence-electron chi connectivity index (χ1n) is 12.9. The van der Waals surface area contributed by atoms with Crippen LogP contribution in [0.25, 0.3) is 10.6 Å². The van der Waals surface area contributed by atoms with Crippen molar-refractivity contribution in [3.05, 3.63) is 47.6 Å². The Labute approximate surface area is 230 Å². The molecule has 3 fully saturated rings. The van der Waals surface area contributed by atoms with Crippen LogP contribution >= 0.6 is 11.3 Å². The Hall–Kier alpha value is -3.20. The minimum atomic E-state index is -3.43. The van der Waals surface area contributed by atoms with E-state index in [1.165, 1.54) is 17.5 Å². The normalized spacial score (nSPS) is 21.6. The molecule has 5 heterocycles. The maximum atomic E-state index is 13.4. The van der Waals surface area contributed by atoms with Gasteiger partial charge in [0.15, 0.2) is 5.01 Å². The second-order valence-corrected chi connectivity index (χ2v) is 12.8. The zero-order valence-electron chi connectivity index (χ0n) is 21.3. The van der Waals surface area contributed by atoms with Crippen molar-refractivity contribution >= 4 is 33.0 Å². The number of rotatable bonds is 11. The summed E-state index contributed by atoms with van der Waals surface area (Å²) >= 11 is 1.21. The van der Waals surface area contributed by atoms with Crippen LogP contribution in [0.4, 0.5) is 5.69 Å². The first-order valence-corrected chi connectivity index (χ1v) is 15.3. The van der Waals surface area contributed by atoms with Gasteiger partial charge in [-0.05, 0) is 38.3 Å². The highest BCUT2D eigenvalue weighted by molar-refractivity contribution is 7.93. The predicted octanol–water partition coefficient (Wildman–Crippen LogP) is 2.24. The number of anilines is 1. The first kappa shape index (κ1) is 26.0. The number of thiazole rings is 1. The lowest BCUT2D eigenvalue weighted by Crippen LogP contribution is -2.44. The second-order valence-electron chi connectivity index (χ2n) is 9.85. The molecule has 14 heteroatoms. The van der Waals surface area contributed by atoms with Crippen LogP contribution in [0.2, 0.25) is 0 Å². The minimum absolute atomic E-state index is 0.200. The maximum absolute atomic E-state index is 13.4. The quantitative estimate of drug-likeness (QED) is 0.351. The van der Waals surface area contributed by atoms with Gasteiger partial charge in [-0.2, -0.15) is 0 Å². The molecule has 6 rings (SSSR count). The fourth-order valence-electron chi connectivity index (χ4n) is 4.88. The second kappa shape index (κ2) is 10.8. The lowest BCUT2D eigenvalue weighted by Gasteiger charge is -2.30. The molecule has 3 atom stereocenters. The summed E-state index contributed by atoms with van der Waals surface area (Å²) in [5.41, 5.74) is 1.57. The van der Waals surface area contributed by atoms with Gasteiger partial charge < -0.3 is 14.8 Å². The summed E-state index contributed by atoms with van der Waals surface area (Å²) in [5.74, 6) is 0.0539. The van der Waals surface area contributed by atoms with Crippen molar-refractivity contribution in [1.82, 2.24) is 30.2 Å². The number of morpholine rings is 1. The fourth-order valence-corrected chi connectivity index (χ4v) is 7.03. The standard InChI is InChI=1S/C25H29N7O5S2/c1-2-36-23-11-26-9-20(29-23)22-10-28-25(38-22)24(33)30-21(13-32-12-17-8-16(32)14-37-17)19-7-15(5-6-27-19)31-39(34,35)18-3-4-18/h5-7,9-11,16-18,21H,2-4,8,12-14H2,1H3,(H,27,31)(H,30,33)/t16-,17-,21+/m1/s1. The Kier molecular flexibility index (Phi) is 7.18. The molecule has 12 nitrogen and oxygen atoms in total. The number of amides is 1. The fraction of sp³-hybridized carbons (Fsp3) is 0.480. The van der Waals surface area contributed by atoms with Gasteiger partial charge in [0.1, 0.15) is 5.69 Å². The van der Waals surface area contributed by atoms with Gasteiger partial charge in [0.2, 0.25) is 15.9 Å². The molecule has 0 radical (unpaired) electrons. The number of carbonyl (C=O) groups is 1. The summed E-state index contributed by atoms with van der Waals surface area (Å²) in [7, 11) is -3.43. The van der Waals surface area contributed by atoms with Crippen molar-refractivity contribution in [1.29, 1.82) is 0 Å². The number of carbonyl (C=O) groups excluding carboxylic acids is 1. The molecule has 2 aliphatic heterocycles. The molecular weight excluding hydrogens is 542 g/mol. The van der Waals surface area contributed by atoms with Crippen LogP contribution in [0, 0.1) is 0 Å². The summed E-state index contributed by atoms with van der Waals surface area (Å²) in [5, 5.41) is 3.01. The van der Waals surface area contributed by atoms with Gasteiger partial charge >= 0.3 is 0 Å². The van der Waals surface area contributed by atoms with E-state index in [0.717, 1.165) is 13.0 Å². The number of ether oxygens (including phenoxy) is 2. The van der Waals surface area contributed by atoms with Gasteiger partial charge in [0.05, 0.1) is 59.3 Å². The summed E-state index contributed by atoms with van der Waals surface area (Å²) in [6, 6.07) is 3.11. The molecule has 3 aromatic heterocycles. The molecule has 0 unspecified atom stereocenters. The van der Waals surface area contributed by atoms with E-state index >= 15 is 0 Å². The number of nitrogens with one attached hydrogen (secondary N) is 2. The maximum Gasteiger partial charge on any atom is 0.280 e. The van der Waals surface area contributed by atoms with Crippen LogP contribution in [0.5, 0.6) is 5.88 Å². The molecular formula is C25H29N7O5S2. The molecule has 0 spiro atoms. The number of likely N-dealkylation sites (tertiary alicyclic amines) is 1. The van der Waals surface area contributed by atoms with E-state index in [1.54, 1.807) is 30.7 Å². The molecule has 3 aliphatic rings. The van der Waals surface area contributed by atoms with Crippen molar-refractivity contribution < 1.29 is 22.7 Å². The summed E-state index contributed by atoms with van der Waals surface area (Å²) in [4.78, 5) is 33.8. The number of sulfonamides is 1. The highest BCUT2D eigenvalue weighted by Crippen LogP contribution is 2.32. The number of pyridine rings is 1. The molecule has 2 bridgehead atoms. The molecule has 2 saturated heterocycles. The molecule has 39 heavy (non-hydrogen) atoms. The van der Waals surface area contributed by atoms with E-state index in [1.807, 2.05) is 6.92 Å². The van der Waals surface area contributed by atoms with E-state index in [-0.39, 0.29) is 28.3 Å². The van der Waals surface area contributed by atoms with Gasteiger partial charge in [0, 0.05) is 31.5 Å². The van der Waals surface area contributed by atoms with E-state index in [4.69, 9.17) is 9.47 Å². The van der Waals surface area contributed by atoms with E-state index < -0.39 is 16.1 Å². The molecule has 1 saturated carbocycles. The van der Waals surface area contributed by atoms with E-state index in [0.29, 0.717) is 60.4 Å². The number of nitrogens with zero attached hydrogens (tertiary/aromatic N) is 5. The topological polar surface area (TPSA) is 149 Å². The van der Waals surface area contributed by atoms with Crippen LogP contribution in [-0.4, -0.2) is 82.9 Å². The van der Waals surface area contributed by atoms with Crippen LogP contribution < -0.4 is 14.8 Å². The number of aromatic nitrogens is 4. The summed E-state index contributed by atoms with van der Waals surface area (Å²) < 4.78 is 38.8. The summed E-state index contributed by atoms with van der Waals surface area (Å²) in [6.45, 7) is 4.30. The zero-order valence-corrected chi connectivity index (χ0v) is 23.0. The largest absolute Gasteiger partial charge is 0.477 e. The van der Waals surface area contributed by atoms with Crippen molar-refractivity contribution in [3.63, 3.8) is 0 Å². The van der Waals surface area contributed by atoms with Gasteiger partial charge in [-0.15, -0.1) is 11.3 Å². The van der Waals surface area contributed by atoms with Crippen molar-refractivity contribution in [2.45, 2.75) is 49.6 Å². The highest BCUT2D eigenvalue weighted by atomic mass is 32.2. The minimum Gasteiger partial charge on any atom is -0.477 e. The third-order valence-electron chi connectivity index (χ3n) is 6.95. The monoisotopic (exact) mass is 571 g/mol. The Morgan fingerprint density at radius 3 is 2.90 bits per heavy atom. The average Bonchev–Trinajstić information content (AvgIpc) is 3.34. The van der Waals surface area contributed by atoms with Crippen LogP contribution in [0.15, 0.2) is 36.9 Å². The van der Waals surface area contributed by atoms with E-state index in [9.17, 15) is 13.2 Å². The third kappa shape index (κ3) is 5.88. The molecule has 1 aliphatic carbocycles. The zero-order chi connectivity index (χ0) is 27.0. The van der Waals surface area contributed by atoms with Crippen molar-refractivity contribution in [3.8, 4) is 16.5 Å². The number of hydrogen-bond acceptors (Lipinski definition) is 11. The van der Waals surface area contributed by atoms with Crippen LogP contribution in [-0.2, 0) is 14.8 Å². The van der Waals surface area contributed by atoms with Gasteiger partial charge in [-0.1, -0.05) is 0 Å². The van der Waals surface area contributed by atoms with Gasteiger partial charge in [-0.25, -0.2) is 18.4 Å². The molecule has 206 valence electrons. The predicted molar refractivity (Wildman–Crippen MR) is 144 cm³/mol. The summed E-state index contributed by atoms with van der Waals surface area (Å²) in [6.07, 6.45) is 8.79. The Balaban J connectivity index is 1.22. The average molecular weight is 572 g/mol. The van der Waals surface area contributed by atoms with Crippen LogP contribution in [0.3, 0.4) is 0 Å². The SMILES string of the molecule is CCOc1cncc(-c2cnc(C(=O)N[C@@H](CN3C[C@H]4C[C@@H]3CO4)c3cc(NS(=O)(=O)C4CC4)ccn3)s2)n1. The van der Waals surface area contributed by atoms with Crippen molar-refractivity contribution in [2.24, 2.45) is 0 Å². The number of hydrogen-bond donors (Lipinski definition) is 2. The highest BCUT2D eigenvalue weighted by Gasteiger charge is 2.40. The Morgan fingerprint density at radius 2 is 2.15 bits per heavy atom. The molecule has 2 N–H and O–H groups in total.